The van der Waals surface area contributed by atoms with Crippen LogP contribution >= 0.6 is 0 Å². The normalized spacial score (nSPS) is 20.3. The largest absolute Gasteiger partial charge is 0.295 e. The van der Waals surface area contributed by atoms with Gasteiger partial charge in [0.1, 0.15) is 0 Å². The van der Waals surface area contributed by atoms with E-state index in [0.717, 1.165) is 16.8 Å². The predicted octanol–water partition coefficient (Wildman–Crippen LogP) is 3.24. The number of carbonyl (C=O) groups excluding carboxylic acids is 1. The van der Waals surface area contributed by atoms with Crippen molar-refractivity contribution in [1.29, 1.82) is 0 Å². The molecule has 1 unspecified atom stereocenters. The number of nitrogens with zero attached hydrogens (tertiary/aromatic N) is 1. The summed E-state index contributed by atoms with van der Waals surface area (Å²) in [6, 6.07) is 0. The summed E-state index contributed by atoms with van der Waals surface area (Å²) in [5.74, 6) is 0.342. The van der Waals surface area contributed by atoms with E-state index < -0.39 is 0 Å². The van der Waals surface area contributed by atoms with Gasteiger partial charge in [0.05, 0.1) is 0 Å². The van der Waals surface area contributed by atoms with Crippen LogP contribution in [0.25, 0.3) is 0 Å². The van der Waals surface area contributed by atoms with E-state index in [0.29, 0.717) is 0 Å². The molecule has 1 aliphatic rings. The number of hydrogen-bond donors (Lipinski definition) is 0. The zero-order chi connectivity index (χ0) is 12.1. The Morgan fingerprint density at radius 2 is 2.12 bits per heavy atom. The average Bonchev–Trinajstić information content (AvgIpc) is 2.37. The lowest BCUT2D eigenvalue weighted by molar-refractivity contribution is -0.113. The van der Waals surface area contributed by atoms with Crippen molar-refractivity contribution in [2.75, 3.05) is 0 Å². The first kappa shape index (κ1) is 12.4. The molecule has 2 heteroatoms. The Kier molecular flexibility index (Phi) is 4.18. The standard InChI is InChI=1S/C14H17NO/c1-10(2)15-9-14-8-7-13(12(4)16)6-5-11(14)3/h5-9,11H,1H2,2-4H3. The van der Waals surface area contributed by atoms with Crippen molar-refractivity contribution in [2.24, 2.45) is 10.9 Å². The number of rotatable bonds is 3. The molecule has 0 N–H and O–H groups in total. The summed E-state index contributed by atoms with van der Waals surface area (Å²) in [6.45, 7) is 9.21. The predicted molar refractivity (Wildman–Crippen MR) is 68.5 cm³/mol. The van der Waals surface area contributed by atoms with Crippen molar-refractivity contribution in [2.45, 2.75) is 20.8 Å². The van der Waals surface area contributed by atoms with Gasteiger partial charge in [0.15, 0.2) is 5.78 Å². The van der Waals surface area contributed by atoms with Crippen LogP contribution in [0, 0.1) is 5.92 Å². The first-order chi connectivity index (χ1) is 7.50. The fourth-order valence-corrected chi connectivity index (χ4v) is 1.33. The van der Waals surface area contributed by atoms with E-state index in [1.54, 1.807) is 13.1 Å². The Labute approximate surface area is 96.8 Å². The minimum Gasteiger partial charge on any atom is -0.295 e. The van der Waals surface area contributed by atoms with Gasteiger partial charge in [-0.15, -0.1) is 0 Å². The molecule has 84 valence electrons. The van der Waals surface area contributed by atoms with Crippen molar-refractivity contribution >= 4 is 12.0 Å². The van der Waals surface area contributed by atoms with E-state index >= 15 is 0 Å². The molecule has 1 rings (SSSR count). The van der Waals surface area contributed by atoms with Crippen molar-refractivity contribution in [3.05, 3.63) is 47.7 Å². The second kappa shape index (κ2) is 5.40. The van der Waals surface area contributed by atoms with Crippen LogP contribution < -0.4 is 0 Å². The highest BCUT2D eigenvalue weighted by Crippen LogP contribution is 2.17. The minimum atomic E-state index is 0.0813. The molecule has 0 radical (unpaired) electrons. The van der Waals surface area contributed by atoms with Crippen LogP contribution in [0.5, 0.6) is 0 Å². The van der Waals surface area contributed by atoms with Gasteiger partial charge in [-0.1, -0.05) is 37.8 Å². The molecular weight excluding hydrogens is 198 g/mol. The molecular formula is C14H17NO. The topological polar surface area (TPSA) is 29.4 Å². The summed E-state index contributed by atoms with van der Waals surface area (Å²) in [5, 5.41) is 0. The first-order valence-electron chi connectivity index (χ1n) is 5.31. The van der Waals surface area contributed by atoms with Crippen LogP contribution in [0.4, 0.5) is 0 Å². The van der Waals surface area contributed by atoms with Crippen molar-refractivity contribution < 1.29 is 4.79 Å². The monoisotopic (exact) mass is 215 g/mol. The van der Waals surface area contributed by atoms with Gasteiger partial charge in [-0.05, 0) is 19.4 Å². The highest BCUT2D eigenvalue weighted by Gasteiger charge is 2.07. The van der Waals surface area contributed by atoms with Gasteiger partial charge in [-0.3, -0.25) is 9.79 Å². The lowest BCUT2D eigenvalue weighted by atomic mass is 10.0. The maximum absolute atomic E-state index is 11.2. The summed E-state index contributed by atoms with van der Waals surface area (Å²) >= 11 is 0. The third-order valence-corrected chi connectivity index (χ3v) is 2.39. The Balaban J connectivity index is 2.98. The van der Waals surface area contributed by atoms with Crippen molar-refractivity contribution in [3.63, 3.8) is 0 Å². The zero-order valence-electron chi connectivity index (χ0n) is 10.0. The second-order valence-electron chi connectivity index (χ2n) is 3.99. The minimum absolute atomic E-state index is 0.0813. The second-order valence-corrected chi connectivity index (χ2v) is 3.99. The summed E-state index contributed by atoms with van der Waals surface area (Å²) in [5.41, 5.74) is 2.58. The quantitative estimate of drug-likeness (QED) is 0.664. The van der Waals surface area contributed by atoms with Gasteiger partial charge in [-0.25, -0.2) is 0 Å². The molecule has 0 spiro atoms. The summed E-state index contributed by atoms with van der Waals surface area (Å²) in [4.78, 5) is 15.4. The molecule has 0 saturated heterocycles. The van der Waals surface area contributed by atoms with Crippen molar-refractivity contribution in [3.8, 4) is 0 Å². The summed E-state index contributed by atoms with van der Waals surface area (Å²) in [7, 11) is 0. The molecule has 0 aliphatic heterocycles. The van der Waals surface area contributed by atoms with Crippen LogP contribution in [-0.2, 0) is 4.79 Å². The lowest BCUT2D eigenvalue weighted by Gasteiger charge is -2.04. The fraction of sp³-hybridized carbons (Fsp3) is 0.286. The van der Waals surface area contributed by atoms with Gasteiger partial charge in [0.25, 0.3) is 0 Å². The van der Waals surface area contributed by atoms with E-state index in [4.69, 9.17) is 0 Å². The lowest BCUT2D eigenvalue weighted by Crippen LogP contribution is -1.96. The third kappa shape index (κ3) is 3.46. The smallest absolute Gasteiger partial charge is 0.159 e. The maximum atomic E-state index is 11.2. The summed E-state index contributed by atoms with van der Waals surface area (Å²) in [6.07, 6.45) is 9.45. The number of aliphatic imine (C=N–C) groups is 1. The van der Waals surface area contributed by atoms with Crippen LogP contribution in [0.1, 0.15) is 20.8 Å². The first-order valence-corrected chi connectivity index (χ1v) is 5.31. The molecule has 0 fully saturated rings. The van der Waals surface area contributed by atoms with E-state index in [9.17, 15) is 4.79 Å². The molecule has 0 amide bonds. The number of ketones is 1. The van der Waals surface area contributed by atoms with Gasteiger partial charge >= 0.3 is 0 Å². The number of allylic oxidation sites excluding steroid dienone is 7. The van der Waals surface area contributed by atoms with Crippen LogP contribution in [-0.4, -0.2) is 12.0 Å². The molecule has 2 nitrogen and oxygen atoms in total. The highest BCUT2D eigenvalue weighted by molar-refractivity contribution is 5.97. The Hall–Kier alpha value is -1.70. The molecule has 0 bridgehead atoms. The molecule has 1 aliphatic carbocycles. The molecule has 0 aromatic rings. The van der Waals surface area contributed by atoms with E-state index in [-0.39, 0.29) is 11.7 Å². The molecule has 0 heterocycles. The van der Waals surface area contributed by atoms with Gasteiger partial charge in [0, 0.05) is 23.4 Å². The molecule has 0 saturated carbocycles. The molecule has 0 aromatic carbocycles. The summed E-state index contributed by atoms with van der Waals surface area (Å²) < 4.78 is 0. The van der Waals surface area contributed by atoms with Gasteiger partial charge in [-0.2, -0.15) is 0 Å². The molecule has 1 atom stereocenters. The highest BCUT2D eigenvalue weighted by atomic mass is 16.1. The van der Waals surface area contributed by atoms with Crippen LogP contribution in [0.2, 0.25) is 0 Å². The Morgan fingerprint density at radius 3 is 2.69 bits per heavy atom. The third-order valence-electron chi connectivity index (χ3n) is 2.39. The molecule has 16 heavy (non-hydrogen) atoms. The van der Waals surface area contributed by atoms with Crippen molar-refractivity contribution in [1.82, 2.24) is 0 Å². The van der Waals surface area contributed by atoms with Gasteiger partial charge < -0.3 is 0 Å². The molecule has 0 aromatic heterocycles. The number of carbonyl (C=O) groups is 1. The van der Waals surface area contributed by atoms with Crippen LogP contribution in [0.3, 0.4) is 0 Å². The average molecular weight is 215 g/mol. The van der Waals surface area contributed by atoms with E-state index in [1.807, 2.05) is 31.2 Å². The van der Waals surface area contributed by atoms with Gasteiger partial charge in [0.2, 0.25) is 0 Å². The van der Waals surface area contributed by atoms with E-state index in [1.165, 1.54) is 0 Å². The SMILES string of the molecule is C=C(C)N=CC1=CC=C(C(C)=O)C=CC1C. The number of Topliss-reactive ketones (excluding diaryl/α,β-unsaturated/α-hetero) is 1. The maximum Gasteiger partial charge on any atom is 0.159 e. The fourth-order valence-electron chi connectivity index (χ4n) is 1.33. The Morgan fingerprint density at radius 1 is 1.44 bits per heavy atom. The zero-order valence-corrected chi connectivity index (χ0v) is 10.0. The number of hydrogen-bond acceptors (Lipinski definition) is 2. The van der Waals surface area contributed by atoms with E-state index in [2.05, 4.69) is 18.5 Å². The van der Waals surface area contributed by atoms with Crippen LogP contribution in [0.15, 0.2) is 52.7 Å². The Bertz CT molecular complexity index is 422.